The van der Waals surface area contributed by atoms with Crippen LogP contribution in [0.2, 0.25) is 0 Å². The van der Waals surface area contributed by atoms with Crippen LogP contribution in [0.25, 0.3) is 0 Å². The molecule has 5 heteroatoms. The van der Waals surface area contributed by atoms with Gasteiger partial charge in [0.2, 0.25) is 10.0 Å². The van der Waals surface area contributed by atoms with E-state index >= 15 is 0 Å². The molecule has 0 saturated heterocycles. The van der Waals surface area contributed by atoms with Gasteiger partial charge >= 0.3 is 0 Å². The number of nitriles is 1. The molecule has 2 aromatic carbocycles. The Balaban J connectivity index is 2.12. The van der Waals surface area contributed by atoms with Crippen LogP contribution in [0.3, 0.4) is 0 Å². The predicted octanol–water partition coefficient (Wildman–Crippen LogP) is 2.04. The van der Waals surface area contributed by atoms with Crippen molar-refractivity contribution >= 4 is 10.0 Å². The Kier molecular flexibility index (Phi) is 3.95. The van der Waals surface area contributed by atoms with Gasteiger partial charge in [0.1, 0.15) is 0 Å². The van der Waals surface area contributed by atoms with Crippen LogP contribution in [-0.4, -0.2) is 8.42 Å². The van der Waals surface area contributed by atoms with Crippen LogP contribution in [0.5, 0.6) is 0 Å². The van der Waals surface area contributed by atoms with Crippen LogP contribution in [0.1, 0.15) is 11.1 Å². The zero-order valence-electron chi connectivity index (χ0n) is 10.1. The van der Waals surface area contributed by atoms with Crippen LogP contribution < -0.4 is 4.72 Å². The van der Waals surface area contributed by atoms with Gasteiger partial charge in [-0.1, -0.05) is 30.3 Å². The van der Waals surface area contributed by atoms with E-state index in [2.05, 4.69) is 4.72 Å². The third-order valence-electron chi connectivity index (χ3n) is 2.58. The van der Waals surface area contributed by atoms with Gasteiger partial charge in [0.25, 0.3) is 0 Å². The van der Waals surface area contributed by atoms with Crippen molar-refractivity contribution < 1.29 is 8.42 Å². The fourth-order valence-electron chi connectivity index (χ4n) is 1.61. The molecule has 0 aliphatic rings. The predicted molar refractivity (Wildman–Crippen MR) is 71.6 cm³/mol. The van der Waals surface area contributed by atoms with Crippen molar-refractivity contribution in [1.82, 2.24) is 4.72 Å². The number of sulfonamides is 1. The molecule has 19 heavy (non-hydrogen) atoms. The highest BCUT2D eigenvalue weighted by atomic mass is 32.2. The van der Waals surface area contributed by atoms with Crippen molar-refractivity contribution in [2.24, 2.45) is 0 Å². The maximum Gasteiger partial charge on any atom is 0.240 e. The summed E-state index contributed by atoms with van der Waals surface area (Å²) >= 11 is 0. The second-order valence-electron chi connectivity index (χ2n) is 3.95. The van der Waals surface area contributed by atoms with Crippen LogP contribution >= 0.6 is 0 Å². The number of hydrogen-bond donors (Lipinski definition) is 1. The Hall–Kier alpha value is -2.16. The number of benzene rings is 2. The first kappa shape index (κ1) is 13.3. The highest BCUT2D eigenvalue weighted by Gasteiger charge is 2.12. The standard InChI is InChI=1S/C14H12N2O2S/c15-10-12-5-4-6-13(9-12)11-16-19(17,18)14-7-2-1-3-8-14/h1-9,16H,11H2. The van der Waals surface area contributed by atoms with Gasteiger partial charge in [-0.15, -0.1) is 0 Å². The van der Waals surface area contributed by atoms with Crippen molar-refractivity contribution in [2.45, 2.75) is 11.4 Å². The molecule has 0 spiro atoms. The van der Waals surface area contributed by atoms with Gasteiger partial charge in [-0.05, 0) is 29.8 Å². The van der Waals surface area contributed by atoms with E-state index in [-0.39, 0.29) is 11.4 Å². The molecule has 0 bridgehead atoms. The summed E-state index contributed by atoms with van der Waals surface area (Å²) in [7, 11) is -3.51. The SMILES string of the molecule is N#Cc1cccc(CNS(=O)(=O)c2ccccc2)c1. The van der Waals surface area contributed by atoms with E-state index in [1.807, 2.05) is 6.07 Å². The molecule has 0 fully saturated rings. The van der Waals surface area contributed by atoms with Crippen LogP contribution in [-0.2, 0) is 16.6 Å². The van der Waals surface area contributed by atoms with Crippen molar-refractivity contribution in [3.8, 4) is 6.07 Å². The summed E-state index contributed by atoms with van der Waals surface area (Å²) < 4.78 is 26.5. The van der Waals surface area contributed by atoms with Crippen molar-refractivity contribution in [3.63, 3.8) is 0 Å². The van der Waals surface area contributed by atoms with E-state index in [1.54, 1.807) is 42.5 Å². The molecule has 0 aromatic heterocycles. The van der Waals surface area contributed by atoms with Crippen molar-refractivity contribution in [2.75, 3.05) is 0 Å². The lowest BCUT2D eigenvalue weighted by Crippen LogP contribution is -2.23. The summed E-state index contributed by atoms with van der Waals surface area (Å²) in [5.74, 6) is 0. The lowest BCUT2D eigenvalue weighted by atomic mass is 10.1. The molecule has 0 unspecified atom stereocenters. The molecule has 2 rings (SSSR count). The van der Waals surface area contributed by atoms with Gasteiger partial charge in [-0.25, -0.2) is 13.1 Å². The highest BCUT2D eigenvalue weighted by Crippen LogP contribution is 2.09. The molecule has 0 saturated carbocycles. The molecular formula is C14H12N2O2S. The highest BCUT2D eigenvalue weighted by molar-refractivity contribution is 7.89. The Morgan fingerprint density at radius 3 is 2.47 bits per heavy atom. The van der Waals surface area contributed by atoms with Gasteiger partial charge in [0.15, 0.2) is 0 Å². The number of nitrogens with zero attached hydrogens (tertiary/aromatic N) is 1. The normalized spacial score (nSPS) is 10.9. The van der Waals surface area contributed by atoms with Gasteiger partial charge in [-0.3, -0.25) is 0 Å². The third-order valence-corrected chi connectivity index (χ3v) is 3.99. The lowest BCUT2D eigenvalue weighted by molar-refractivity contribution is 0.581. The van der Waals surface area contributed by atoms with E-state index < -0.39 is 10.0 Å². The molecule has 2 aromatic rings. The smallest absolute Gasteiger partial charge is 0.207 e. The Bertz CT molecular complexity index is 704. The zero-order chi connectivity index (χ0) is 13.7. The summed E-state index contributed by atoms with van der Waals surface area (Å²) in [6.45, 7) is 0.159. The fourth-order valence-corrected chi connectivity index (χ4v) is 2.65. The van der Waals surface area contributed by atoms with E-state index in [4.69, 9.17) is 5.26 Å². The first-order chi connectivity index (χ1) is 9.12. The summed E-state index contributed by atoms with van der Waals surface area (Å²) in [6, 6.07) is 17.0. The molecule has 0 atom stereocenters. The first-order valence-electron chi connectivity index (χ1n) is 5.65. The second kappa shape index (κ2) is 5.65. The van der Waals surface area contributed by atoms with Crippen LogP contribution in [0.4, 0.5) is 0 Å². The summed E-state index contributed by atoms with van der Waals surface area (Å²) in [5, 5.41) is 8.78. The molecule has 1 N–H and O–H groups in total. The fraction of sp³-hybridized carbons (Fsp3) is 0.0714. The summed E-state index contributed by atoms with van der Waals surface area (Å²) in [4.78, 5) is 0.228. The lowest BCUT2D eigenvalue weighted by Gasteiger charge is -2.06. The topological polar surface area (TPSA) is 70.0 Å². The minimum atomic E-state index is -3.51. The average molecular weight is 272 g/mol. The van der Waals surface area contributed by atoms with E-state index in [0.29, 0.717) is 5.56 Å². The number of hydrogen-bond acceptors (Lipinski definition) is 3. The quantitative estimate of drug-likeness (QED) is 0.925. The molecule has 4 nitrogen and oxygen atoms in total. The summed E-state index contributed by atoms with van der Waals surface area (Å²) in [5.41, 5.74) is 1.26. The summed E-state index contributed by atoms with van der Waals surface area (Å²) in [6.07, 6.45) is 0. The number of nitrogens with one attached hydrogen (secondary N) is 1. The molecule has 0 aliphatic carbocycles. The average Bonchev–Trinajstić information content (AvgIpc) is 2.46. The molecule has 0 amide bonds. The van der Waals surface area contributed by atoms with Gasteiger partial charge in [0, 0.05) is 6.54 Å². The minimum absolute atomic E-state index is 0.159. The third kappa shape index (κ3) is 3.41. The van der Waals surface area contributed by atoms with Crippen molar-refractivity contribution in [1.29, 1.82) is 5.26 Å². The molecule has 0 aliphatic heterocycles. The van der Waals surface area contributed by atoms with Crippen LogP contribution in [0.15, 0.2) is 59.5 Å². The largest absolute Gasteiger partial charge is 0.240 e. The molecule has 96 valence electrons. The second-order valence-corrected chi connectivity index (χ2v) is 5.72. The van der Waals surface area contributed by atoms with E-state index in [0.717, 1.165) is 5.56 Å². The Labute approximate surface area is 112 Å². The van der Waals surface area contributed by atoms with Crippen LogP contribution in [0, 0.1) is 11.3 Å². The molecule has 0 heterocycles. The number of rotatable bonds is 4. The van der Waals surface area contributed by atoms with E-state index in [1.165, 1.54) is 12.1 Å². The minimum Gasteiger partial charge on any atom is -0.207 e. The van der Waals surface area contributed by atoms with E-state index in [9.17, 15) is 8.42 Å². The molecule has 0 radical (unpaired) electrons. The van der Waals surface area contributed by atoms with Gasteiger partial charge in [0.05, 0.1) is 16.5 Å². The first-order valence-corrected chi connectivity index (χ1v) is 7.14. The zero-order valence-corrected chi connectivity index (χ0v) is 10.9. The Morgan fingerprint density at radius 1 is 1.05 bits per heavy atom. The molecular weight excluding hydrogens is 260 g/mol. The Morgan fingerprint density at radius 2 is 1.79 bits per heavy atom. The maximum absolute atomic E-state index is 12.0. The monoisotopic (exact) mass is 272 g/mol. The van der Waals surface area contributed by atoms with Crippen molar-refractivity contribution in [3.05, 3.63) is 65.7 Å². The maximum atomic E-state index is 12.0. The van der Waals surface area contributed by atoms with Gasteiger partial charge < -0.3 is 0 Å². The van der Waals surface area contributed by atoms with Gasteiger partial charge in [-0.2, -0.15) is 5.26 Å².